The molecule has 1 atom stereocenters. The molecule has 0 radical (unpaired) electrons. The molecule has 1 aliphatic heterocycles. The lowest BCUT2D eigenvalue weighted by molar-refractivity contribution is -0.127. The number of amides is 1. The van der Waals surface area contributed by atoms with Crippen LogP contribution in [0.1, 0.15) is 58.8 Å². The Morgan fingerprint density at radius 3 is 2.12 bits per heavy atom. The molecule has 0 aromatic carbocycles. The fourth-order valence-electron chi connectivity index (χ4n) is 6.63. The zero-order valence-corrected chi connectivity index (χ0v) is 16.4. The minimum Gasteiger partial charge on any atom is -0.335 e. The summed E-state index contributed by atoms with van der Waals surface area (Å²) in [6, 6.07) is -0.136. The van der Waals surface area contributed by atoms with Crippen molar-refractivity contribution in [3.63, 3.8) is 0 Å². The average Bonchev–Trinajstić information content (AvgIpc) is 2.86. The van der Waals surface area contributed by atoms with Gasteiger partial charge in [-0.1, -0.05) is 5.57 Å². The monoisotopic (exact) mass is 365 g/mol. The van der Waals surface area contributed by atoms with E-state index >= 15 is 0 Å². The quantitative estimate of drug-likeness (QED) is 0.719. The van der Waals surface area contributed by atoms with Gasteiger partial charge in [-0.3, -0.25) is 4.79 Å². The summed E-state index contributed by atoms with van der Waals surface area (Å²) < 4.78 is 23.6. The Labute approximate surface area is 152 Å². The van der Waals surface area contributed by atoms with Gasteiger partial charge in [0.15, 0.2) is 9.84 Å². The molecule has 0 aromatic heterocycles. The topological polar surface area (TPSA) is 54.5 Å². The molecule has 25 heavy (non-hydrogen) atoms. The fourth-order valence-corrected chi connectivity index (χ4v) is 8.36. The van der Waals surface area contributed by atoms with Gasteiger partial charge in [0.2, 0.25) is 5.91 Å². The molecule has 4 aliphatic carbocycles. The number of rotatable bonds is 4. The molecule has 0 aromatic rings. The highest BCUT2D eigenvalue weighted by Crippen LogP contribution is 2.62. The summed E-state index contributed by atoms with van der Waals surface area (Å²) in [5, 5.41) is 0. The van der Waals surface area contributed by atoms with Gasteiger partial charge in [-0.2, -0.15) is 0 Å². The predicted molar refractivity (Wildman–Crippen MR) is 98.8 cm³/mol. The van der Waals surface area contributed by atoms with Gasteiger partial charge in [0.25, 0.3) is 0 Å². The van der Waals surface area contributed by atoms with Crippen LogP contribution in [0.2, 0.25) is 0 Å². The van der Waals surface area contributed by atoms with Crippen LogP contribution < -0.4 is 0 Å². The zero-order valence-electron chi connectivity index (χ0n) is 15.5. The van der Waals surface area contributed by atoms with E-state index in [1.807, 2.05) is 13.0 Å². The summed E-state index contributed by atoms with van der Waals surface area (Å²) in [7, 11) is -2.96. The first-order chi connectivity index (χ1) is 11.8. The molecular weight excluding hydrogens is 334 g/mol. The highest BCUT2D eigenvalue weighted by atomic mass is 32.2. The summed E-state index contributed by atoms with van der Waals surface area (Å²) in [6.07, 6.45) is 10.5. The lowest BCUT2D eigenvalue weighted by Crippen LogP contribution is -2.47. The average molecular weight is 366 g/mol. The standard InChI is InChI=1S/C20H31NO3S/c1-3-21(18-4-5-25(23,24)13-18)19(22)6-14(2)20-10-15-7-16(11-20)9-17(8-15)12-20/h6,15-18H,3-5,7-13H2,1-2H3. The van der Waals surface area contributed by atoms with Crippen LogP contribution in [0.4, 0.5) is 0 Å². The van der Waals surface area contributed by atoms with E-state index in [2.05, 4.69) is 6.92 Å². The molecule has 0 spiro atoms. The number of carbonyl (C=O) groups excluding carboxylic acids is 1. The lowest BCUT2D eigenvalue weighted by Gasteiger charge is -2.57. The van der Waals surface area contributed by atoms with E-state index in [4.69, 9.17) is 0 Å². The van der Waals surface area contributed by atoms with Crippen LogP contribution in [-0.2, 0) is 14.6 Å². The van der Waals surface area contributed by atoms with Crippen LogP contribution in [0.15, 0.2) is 11.6 Å². The van der Waals surface area contributed by atoms with Gasteiger partial charge in [0.05, 0.1) is 11.5 Å². The molecule has 5 aliphatic rings. The summed E-state index contributed by atoms with van der Waals surface area (Å²) in [4.78, 5) is 14.7. The molecule has 4 saturated carbocycles. The van der Waals surface area contributed by atoms with Crippen molar-refractivity contribution in [2.24, 2.45) is 23.2 Å². The van der Waals surface area contributed by atoms with Crippen LogP contribution in [0.25, 0.3) is 0 Å². The van der Waals surface area contributed by atoms with Crippen LogP contribution in [0.3, 0.4) is 0 Å². The summed E-state index contributed by atoms with van der Waals surface area (Å²) in [5.74, 6) is 2.99. The second kappa shape index (κ2) is 6.11. The molecule has 5 fully saturated rings. The van der Waals surface area contributed by atoms with Gasteiger partial charge in [-0.05, 0) is 82.0 Å². The van der Waals surface area contributed by atoms with Crippen LogP contribution in [0.5, 0.6) is 0 Å². The second-order valence-corrected chi connectivity index (χ2v) is 11.4. The van der Waals surface area contributed by atoms with Gasteiger partial charge in [0.1, 0.15) is 0 Å². The molecule has 4 bridgehead atoms. The second-order valence-electron chi connectivity index (χ2n) is 9.21. The largest absolute Gasteiger partial charge is 0.335 e. The Morgan fingerprint density at radius 1 is 1.12 bits per heavy atom. The van der Waals surface area contributed by atoms with E-state index in [9.17, 15) is 13.2 Å². The lowest BCUT2D eigenvalue weighted by atomic mass is 9.48. The molecular formula is C20H31NO3S. The number of allylic oxidation sites excluding steroid dienone is 1. The van der Waals surface area contributed by atoms with Crippen LogP contribution in [-0.4, -0.2) is 43.3 Å². The van der Waals surface area contributed by atoms with Crippen molar-refractivity contribution in [2.75, 3.05) is 18.1 Å². The van der Waals surface area contributed by atoms with E-state index in [0.29, 0.717) is 13.0 Å². The Balaban J connectivity index is 1.52. The molecule has 0 N–H and O–H groups in total. The van der Waals surface area contributed by atoms with Crippen molar-refractivity contribution in [2.45, 2.75) is 64.8 Å². The molecule has 5 rings (SSSR count). The normalized spacial score (nSPS) is 41.9. The molecule has 4 nitrogen and oxygen atoms in total. The van der Waals surface area contributed by atoms with Crippen LogP contribution >= 0.6 is 0 Å². The predicted octanol–water partition coefficient (Wildman–Crippen LogP) is 3.18. The number of nitrogens with zero attached hydrogens (tertiary/aromatic N) is 1. The van der Waals surface area contributed by atoms with E-state index in [1.54, 1.807) is 4.90 Å². The number of likely N-dealkylation sites (N-methyl/N-ethyl adjacent to an activating group) is 1. The van der Waals surface area contributed by atoms with Gasteiger partial charge in [-0.15, -0.1) is 0 Å². The van der Waals surface area contributed by atoms with Crippen molar-refractivity contribution in [3.05, 3.63) is 11.6 Å². The number of carbonyl (C=O) groups is 1. The molecule has 1 amide bonds. The number of sulfone groups is 1. The van der Waals surface area contributed by atoms with Crippen molar-refractivity contribution < 1.29 is 13.2 Å². The molecule has 1 unspecified atom stereocenters. The maximum Gasteiger partial charge on any atom is 0.246 e. The maximum atomic E-state index is 12.9. The first-order valence-electron chi connectivity index (χ1n) is 10.00. The van der Waals surface area contributed by atoms with E-state index in [0.717, 1.165) is 17.8 Å². The van der Waals surface area contributed by atoms with E-state index < -0.39 is 9.84 Å². The summed E-state index contributed by atoms with van der Waals surface area (Å²) >= 11 is 0. The van der Waals surface area contributed by atoms with Crippen molar-refractivity contribution in [1.82, 2.24) is 4.90 Å². The first-order valence-corrected chi connectivity index (χ1v) is 11.8. The summed E-state index contributed by atoms with van der Waals surface area (Å²) in [5.41, 5.74) is 1.52. The fraction of sp³-hybridized carbons (Fsp3) is 0.850. The molecule has 5 heteroatoms. The van der Waals surface area contributed by atoms with Crippen molar-refractivity contribution in [3.8, 4) is 0 Å². The highest BCUT2D eigenvalue weighted by Gasteiger charge is 2.51. The van der Waals surface area contributed by atoms with E-state index in [1.165, 1.54) is 44.1 Å². The Kier molecular flexibility index (Phi) is 4.29. The Morgan fingerprint density at radius 2 is 1.68 bits per heavy atom. The zero-order chi connectivity index (χ0) is 17.8. The van der Waals surface area contributed by atoms with E-state index in [-0.39, 0.29) is 28.9 Å². The summed E-state index contributed by atoms with van der Waals surface area (Å²) in [6.45, 7) is 4.70. The Hall–Kier alpha value is -0.840. The molecule has 1 saturated heterocycles. The van der Waals surface area contributed by atoms with Gasteiger partial charge in [-0.25, -0.2) is 8.42 Å². The third-order valence-electron chi connectivity index (χ3n) is 7.49. The van der Waals surface area contributed by atoms with Crippen molar-refractivity contribution in [1.29, 1.82) is 0 Å². The van der Waals surface area contributed by atoms with Crippen molar-refractivity contribution >= 4 is 15.7 Å². The first kappa shape index (κ1) is 17.6. The Bertz CT molecular complexity index is 658. The number of hydrogen-bond donors (Lipinski definition) is 0. The SMILES string of the molecule is CCN(C(=O)C=C(C)C12CC3CC(CC(C3)C1)C2)C1CCS(=O)(=O)C1. The smallest absolute Gasteiger partial charge is 0.246 e. The highest BCUT2D eigenvalue weighted by molar-refractivity contribution is 7.91. The van der Waals surface area contributed by atoms with Gasteiger partial charge >= 0.3 is 0 Å². The van der Waals surface area contributed by atoms with Crippen LogP contribution in [0, 0.1) is 23.2 Å². The maximum absolute atomic E-state index is 12.9. The number of hydrogen-bond acceptors (Lipinski definition) is 3. The minimum absolute atomic E-state index is 0.0258. The third-order valence-corrected chi connectivity index (χ3v) is 9.24. The molecule has 140 valence electrons. The molecule has 1 heterocycles. The third kappa shape index (κ3) is 3.17. The minimum atomic E-state index is -2.96. The van der Waals surface area contributed by atoms with Gasteiger partial charge < -0.3 is 4.90 Å². The van der Waals surface area contributed by atoms with Gasteiger partial charge in [0, 0.05) is 18.7 Å².